The minimum absolute atomic E-state index is 0.504. The fourth-order valence-corrected chi connectivity index (χ4v) is 1.82. The maximum absolute atomic E-state index is 6.09. The summed E-state index contributed by atoms with van der Waals surface area (Å²) in [5.41, 5.74) is 7.41. The Morgan fingerprint density at radius 1 is 1.25 bits per heavy atom. The predicted molar refractivity (Wildman–Crippen MR) is 81.7 cm³/mol. The molecule has 0 radical (unpaired) electrons. The number of nitrogens with one attached hydrogen (secondary N) is 1. The first-order chi connectivity index (χ1) is 9.63. The number of nitrogen functional groups attached to an aromatic ring is 1. The van der Waals surface area contributed by atoms with Crippen LogP contribution in [0.25, 0.3) is 0 Å². The van der Waals surface area contributed by atoms with Gasteiger partial charge in [-0.2, -0.15) is 0 Å². The van der Waals surface area contributed by atoms with Gasteiger partial charge < -0.3 is 20.7 Å². The van der Waals surface area contributed by atoms with Gasteiger partial charge in [-0.05, 0) is 19.1 Å². The number of nitrogens with zero attached hydrogens (tertiary/aromatic N) is 3. The largest absolute Gasteiger partial charge is 0.492 e. The summed E-state index contributed by atoms with van der Waals surface area (Å²) in [7, 11) is 3.77. The molecule has 0 bridgehead atoms. The van der Waals surface area contributed by atoms with Gasteiger partial charge in [-0.3, -0.25) is 0 Å². The van der Waals surface area contributed by atoms with Gasteiger partial charge in [-0.15, -0.1) is 0 Å². The number of para-hydroxylation sites is 2. The fourth-order valence-electron chi connectivity index (χ4n) is 1.82. The summed E-state index contributed by atoms with van der Waals surface area (Å²) in [5.74, 6) is 2.01. The summed E-state index contributed by atoms with van der Waals surface area (Å²) >= 11 is 0. The maximum atomic E-state index is 6.09. The molecule has 1 aromatic heterocycles. The zero-order valence-electron chi connectivity index (χ0n) is 11.9. The molecule has 0 unspecified atom stereocenters. The van der Waals surface area contributed by atoms with E-state index in [1.54, 1.807) is 0 Å². The number of rotatable bonds is 5. The van der Waals surface area contributed by atoms with Crippen molar-refractivity contribution in [3.63, 3.8) is 0 Å². The topological polar surface area (TPSA) is 76.3 Å². The van der Waals surface area contributed by atoms with Gasteiger partial charge in [0, 0.05) is 14.1 Å². The van der Waals surface area contributed by atoms with Crippen LogP contribution in [0.15, 0.2) is 30.6 Å². The Hall–Kier alpha value is -2.50. The lowest BCUT2D eigenvalue weighted by Crippen LogP contribution is -2.14. The molecule has 1 heterocycles. The van der Waals surface area contributed by atoms with E-state index in [2.05, 4.69) is 15.3 Å². The van der Waals surface area contributed by atoms with Crippen molar-refractivity contribution in [1.29, 1.82) is 0 Å². The minimum atomic E-state index is 0.504. The van der Waals surface area contributed by atoms with Crippen LogP contribution in [0.4, 0.5) is 23.0 Å². The van der Waals surface area contributed by atoms with E-state index in [0.717, 1.165) is 11.4 Å². The predicted octanol–water partition coefficient (Wildman–Crippen LogP) is 2.27. The molecular formula is C14H19N5O. The van der Waals surface area contributed by atoms with E-state index in [1.807, 2.05) is 50.2 Å². The molecule has 0 aliphatic heterocycles. The molecule has 106 valence electrons. The molecule has 0 saturated carbocycles. The molecule has 0 spiro atoms. The normalized spacial score (nSPS) is 10.2. The average molecular weight is 273 g/mol. The highest BCUT2D eigenvalue weighted by atomic mass is 16.5. The van der Waals surface area contributed by atoms with Crippen molar-refractivity contribution in [3.8, 4) is 5.75 Å². The Balaban J connectivity index is 2.33. The van der Waals surface area contributed by atoms with Crippen LogP contribution in [0, 0.1) is 0 Å². The SMILES string of the molecule is CCOc1ccccc1Nc1ncnc(N(C)C)c1N. The second-order valence-electron chi connectivity index (χ2n) is 4.41. The first-order valence-corrected chi connectivity index (χ1v) is 6.40. The van der Waals surface area contributed by atoms with Crippen LogP contribution in [0.3, 0.4) is 0 Å². The zero-order valence-corrected chi connectivity index (χ0v) is 11.9. The van der Waals surface area contributed by atoms with E-state index in [0.29, 0.717) is 23.9 Å². The highest BCUT2D eigenvalue weighted by molar-refractivity contribution is 5.79. The van der Waals surface area contributed by atoms with Gasteiger partial charge in [0.2, 0.25) is 0 Å². The van der Waals surface area contributed by atoms with Crippen molar-refractivity contribution in [1.82, 2.24) is 9.97 Å². The van der Waals surface area contributed by atoms with Crippen LogP contribution >= 0.6 is 0 Å². The summed E-state index contributed by atoms with van der Waals surface area (Å²) in [6.45, 7) is 2.54. The molecule has 1 aromatic carbocycles. The van der Waals surface area contributed by atoms with Crippen molar-refractivity contribution in [2.24, 2.45) is 0 Å². The Labute approximate surface area is 118 Å². The van der Waals surface area contributed by atoms with Gasteiger partial charge in [0.1, 0.15) is 17.8 Å². The van der Waals surface area contributed by atoms with Gasteiger partial charge >= 0.3 is 0 Å². The number of ether oxygens (including phenoxy) is 1. The molecule has 0 amide bonds. The molecule has 0 aliphatic rings. The number of benzene rings is 1. The first kappa shape index (κ1) is 13.9. The lowest BCUT2D eigenvalue weighted by atomic mass is 10.3. The molecule has 3 N–H and O–H groups in total. The van der Waals surface area contributed by atoms with E-state index in [1.165, 1.54) is 6.33 Å². The highest BCUT2D eigenvalue weighted by Crippen LogP contribution is 2.31. The third-order valence-corrected chi connectivity index (χ3v) is 2.73. The summed E-state index contributed by atoms with van der Waals surface area (Å²) < 4.78 is 5.57. The Morgan fingerprint density at radius 2 is 2.00 bits per heavy atom. The van der Waals surface area contributed by atoms with Crippen LogP contribution in [-0.2, 0) is 0 Å². The standard InChI is InChI=1S/C14H19N5O/c1-4-20-11-8-6-5-7-10(11)18-13-12(15)14(19(2)3)17-9-16-13/h5-9H,4,15H2,1-3H3,(H,16,17,18). The monoisotopic (exact) mass is 273 g/mol. The van der Waals surface area contributed by atoms with Crippen molar-refractivity contribution in [3.05, 3.63) is 30.6 Å². The molecule has 0 fully saturated rings. The quantitative estimate of drug-likeness (QED) is 0.870. The number of hydrogen-bond donors (Lipinski definition) is 2. The molecule has 6 nitrogen and oxygen atoms in total. The lowest BCUT2D eigenvalue weighted by Gasteiger charge is -2.17. The molecule has 6 heteroatoms. The molecule has 2 rings (SSSR count). The Bertz CT molecular complexity index is 586. The maximum Gasteiger partial charge on any atom is 0.159 e. The van der Waals surface area contributed by atoms with Gasteiger partial charge in [0.25, 0.3) is 0 Å². The third-order valence-electron chi connectivity index (χ3n) is 2.73. The van der Waals surface area contributed by atoms with E-state index >= 15 is 0 Å². The Morgan fingerprint density at radius 3 is 2.70 bits per heavy atom. The average Bonchev–Trinajstić information content (AvgIpc) is 2.43. The van der Waals surface area contributed by atoms with Gasteiger partial charge in [-0.25, -0.2) is 9.97 Å². The second-order valence-corrected chi connectivity index (χ2v) is 4.41. The van der Waals surface area contributed by atoms with Gasteiger partial charge in [0.15, 0.2) is 11.6 Å². The van der Waals surface area contributed by atoms with E-state index in [9.17, 15) is 0 Å². The van der Waals surface area contributed by atoms with Crippen LogP contribution < -0.4 is 20.7 Å². The van der Waals surface area contributed by atoms with Gasteiger partial charge in [-0.1, -0.05) is 12.1 Å². The molecular weight excluding hydrogens is 254 g/mol. The molecule has 2 aromatic rings. The summed E-state index contributed by atoms with van der Waals surface area (Å²) in [5, 5.41) is 3.19. The smallest absolute Gasteiger partial charge is 0.159 e. The van der Waals surface area contributed by atoms with Crippen molar-refractivity contribution >= 4 is 23.0 Å². The Kier molecular flexibility index (Phi) is 4.24. The van der Waals surface area contributed by atoms with Crippen molar-refractivity contribution in [2.45, 2.75) is 6.92 Å². The van der Waals surface area contributed by atoms with Crippen molar-refractivity contribution < 1.29 is 4.74 Å². The molecule has 0 aliphatic carbocycles. The fraction of sp³-hybridized carbons (Fsp3) is 0.286. The lowest BCUT2D eigenvalue weighted by molar-refractivity contribution is 0.342. The van der Waals surface area contributed by atoms with E-state index < -0.39 is 0 Å². The first-order valence-electron chi connectivity index (χ1n) is 6.40. The number of aromatic nitrogens is 2. The van der Waals surface area contributed by atoms with Crippen LogP contribution in [-0.4, -0.2) is 30.7 Å². The van der Waals surface area contributed by atoms with Crippen LogP contribution in [0.5, 0.6) is 5.75 Å². The van der Waals surface area contributed by atoms with Crippen molar-refractivity contribution in [2.75, 3.05) is 36.7 Å². The van der Waals surface area contributed by atoms with Gasteiger partial charge in [0.05, 0.1) is 12.3 Å². The molecule has 0 atom stereocenters. The minimum Gasteiger partial charge on any atom is -0.492 e. The number of anilines is 4. The molecule has 20 heavy (non-hydrogen) atoms. The van der Waals surface area contributed by atoms with Crippen LogP contribution in [0.1, 0.15) is 6.92 Å². The second kappa shape index (κ2) is 6.10. The summed E-state index contributed by atoms with van der Waals surface area (Å²) in [6.07, 6.45) is 1.48. The zero-order chi connectivity index (χ0) is 14.5. The van der Waals surface area contributed by atoms with E-state index in [4.69, 9.17) is 10.5 Å². The highest BCUT2D eigenvalue weighted by Gasteiger charge is 2.11. The number of hydrogen-bond acceptors (Lipinski definition) is 6. The molecule has 0 saturated heterocycles. The summed E-state index contributed by atoms with van der Waals surface area (Å²) in [6, 6.07) is 7.66. The third kappa shape index (κ3) is 2.90. The van der Waals surface area contributed by atoms with Crippen LogP contribution in [0.2, 0.25) is 0 Å². The number of nitrogens with two attached hydrogens (primary N) is 1. The van der Waals surface area contributed by atoms with E-state index in [-0.39, 0.29) is 0 Å². The summed E-state index contributed by atoms with van der Waals surface area (Å²) in [4.78, 5) is 10.2.